The van der Waals surface area contributed by atoms with Crippen molar-refractivity contribution < 1.29 is 27.5 Å². The molecule has 0 aromatic carbocycles. The molecule has 0 atom stereocenters. The van der Waals surface area contributed by atoms with Crippen molar-refractivity contribution in [3.8, 4) is 0 Å². The molecular weight excluding hydrogens is 284 g/mol. The van der Waals surface area contributed by atoms with E-state index in [9.17, 15) is 13.2 Å². The van der Waals surface area contributed by atoms with Crippen LogP contribution in [0.25, 0.3) is 0 Å². The molecule has 0 spiro atoms. The molecule has 0 fully saturated rings. The van der Waals surface area contributed by atoms with Gasteiger partial charge in [0.2, 0.25) is 0 Å². The molecule has 0 amide bonds. The Bertz CT molecular complexity index is 339. The summed E-state index contributed by atoms with van der Waals surface area (Å²) in [6.07, 6.45) is 8.20. The first-order valence-electron chi connectivity index (χ1n) is 7.23. The van der Waals surface area contributed by atoms with Crippen LogP contribution in [0.4, 0.5) is 0 Å². The number of unbranched alkanes of at least 4 members (excludes halogenated alkanes) is 7. The Labute approximate surface area is 121 Å². The van der Waals surface area contributed by atoms with Gasteiger partial charge in [0.15, 0.2) is 0 Å². The molecular formula is C13H26O6S. The lowest BCUT2D eigenvalue weighted by atomic mass is 10.1. The molecule has 0 rings (SSSR count). The summed E-state index contributed by atoms with van der Waals surface area (Å²) in [6, 6.07) is 0. The second-order valence-electron chi connectivity index (χ2n) is 4.77. The molecule has 0 aliphatic heterocycles. The molecule has 0 unspecified atom stereocenters. The van der Waals surface area contributed by atoms with Crippen LogP contribution in [-0.4, -0.2) is 31.9 Å². The van der Waals surface area contributed by atoms with Crippen LogP contribution in [0.3, 0.4) is 0 Å². The first kappa shape index (κ1) is 19.3. The lowest BCUT2D eigenvalue weighted by Crippen LogP contribution is -2.13. The van der Waals surface area contributed by atoms with Gasteiger partial charge in [-0.2, -0.15) is 8.42 Å². The molecule has 0 heterocycles. The van der Waals surface area contributed by atoms with E-state index in [0.29, 0.717) is 6.42 Å². The number of aliphatic carboxylic acids is 1. The summed E-state index contributed by atoms with van der Waals surface area (Å²) in [6.45, 7) is 1.90. The highest BCUT2D eigenvalue weighted by atomic mass is 32.2. The molecule has 0 aromatic heterocycles. The highest BCUT2D eigenvalue weighted by Crippen LogP contribution is 2.09. The van der Waals surface area contributed by atoms with Crippen LogP contribution in [0.5, 0.6) is 0 Å². The van der Waals surface area contributed by atoms with Gasteiger partial charge in [0.05, 0.1) is 18.8 Å². The minimum absolute atomic E-state index is 0.0883. The molecule has 0 aromatic rings. The van der Waals surface area contributed by atoms with Crippen molar-refractivity contribution >= 4 is 16.1 Å². The van der Waals surface area contributed by atoms with E-state index in [4.69, 9.17) is 5.11 Å². The van der Waals surface area contributed by atoms with E-state index < -0.39 is 16.1 Å². The molecule has 0 radical (unpaired) electrons. The van der Waals surface area contributed by atoms with Crippen LogP contribution >= 0.6 is 0 Å². The molecule has 120 valence electrons. The first-order chi connectivity index (χ1) is 9.48. The number of carbonyl (C=O) groups is 1. The van der Waals surface area contributed by atoms with E-state index in [1.165, 1.54) is 25.7 Å². The lowest BCUT2D eigenvalue weighted by Gasteiger charge is -2.04. The van der Waals surface area contributed by atoms with Crippen LogP contribution < -0.4 is 0 Å². The van der Waals surface area contributed by atoms with Crippen molar-refractivity contribution in [3.63, 3.8) is 0 Å². The maximum atomic E-state index is 11.4. The van der Waals surface area contributed by atoms with Crippen LogP contribution in [0, 0.1) is 0 Å². The van der Waals surface area contributed by atoms with Gasteiger partial charge in [0, 0.05) is 0 Å². The van der Waals surface area contributed by atoms with E-state index >= 15 is 0 Å². The Morgan fingerprint density at radius 2 is 1.55 bits per heavy atom. The molecule has 0 aliphatic rings. The normalized spacial score (nSPS) is 11.7. The molecule has 1 N–H and O–H groups in total. The van der Waals surface area contributed by atoms with Gasteiger partial charge in [-0.3, -0.25) is 4.79 Å². The van der Waals surface area contributed by atoms with Crippen molar-refractivity contribution in [1.29, 1.82) is 0 Å². The summed E-state index contributed by atoms with van der Waals surface area (Å²) in [5, 5.41) is 8.34. The van der Waals surface area contributed by atoms with Crippen molar-refractivity contribution in [2.75, 3.05) is 12.4 Å². The van der Waals surface area contributed by atoms with Crippen molar-refractivity contribution in [2.24, 2.45) is 0 Å². The second-order valence-corrected chi connectivity index (χ2v) is 6.43. The Morgan fingerprint density at radius 1 is 1.00 bits per heavy atom. The third-order valence-corrected chi connectivity index (χ3v) is 3.89. The zero-order valence-corrected chi connectivity index (χ0v) is 13.0. The van der Waals surface area contributed by atoms with E-state index in [1.807, 2.05) is 0 Å². The summed E-state index contributed by atoms with van der Waals surface area (Å²) in [4.78, 5) is 14.5. The maximum Gasteiger partial charge on any atom is 0.305 e. The van der Waals surface area contributed by atoms with E-state index in [2.05, 4.69) is 16.1 Å². The molecule has 20 heavy (non-hydrogen) atoms. The van der Waals surface area contributed by atoms with Gasteiger partial charge in [0.25, 0.3) is 10.1 Å². The minimum atomic E-state index is -3.70. The fraction of sp³-hybridized carbons (Fsp3) is 0.923. The zero-order valence-electron chi connectivity index (χ0n) is 12.2. The van der Waals surface area contributed by atoms with E-state index in [-0.39, 0.29) is 18.8 Å². The van der Waals surface area contributed by atoms with Gasteiger partial charge in [0.1, 0.15) is 0 Å². The second kappa shape index (κ2) is 12.1. The fourth-order valence-corrected chi connectivity index (χ4v) is 2.52. The van der Waals surface area contributed by atoms with Crippen LogP contribution in [0.15, 0.2) is 0 Å². The standard InChI is InChI=1S/C13H26O6S/c1-2-3-4-5-6-7-8-9-12-20(16,17)19-18-11-10-13(14)15/h2-12H2,1H3,(H,14,15). The average Bonchev–Trinajstić information content (AvgIpc) is 2.38. The highest BCUT2D eigenvalue weighted by Gasteiger charge is 2.12. The number of carboxylic acid groups (broad SMARTS) is 1. The molecule has 0 aliphatic carbocycles. The van der Waals surface area contributed by atoms with Crippen molar-refractivity contribution in [2.45, 2.75) is 64.7 Å². The van der Waals surface area contributed by atoms with E-state index in [1.54, 1.807) is 0 Å². The molecule has 7 heteroatoms. The van der Waals surface area contributed by atoms with Crippen LogP contribution in [0.2, 0.25) is 0 Å². The summed E-state index contributed by atoms with van der Waals surface area (Å²) < 4.78 is 27.0. The molecule has 0 saturated carbocycles. The molecule has 0 saturated heterocycles. The quantitative estimate of drug-likeness (QED) is 0.301. The average molecular weight is 310 g/mol. The Morgan fingerprint density at radius 3 is 2.10 bits per heavy atom. The monoisotopic (exact) mass is 310 g/mol. The lowest BCUT2D eigenvalue weighted by molar-refractivity contribution is -0.204. The van der Waals surface area contributed by atoms with Gasteiger partial charge in [-0.05, 0) is 6.42 Å². The van der Waals surface area contributed by atoms with Crippen LogP contribution in [0.1, 0.15) is 64.7 Å². The largest absolute Gasteiger partial charge is 0.481 e. The van der Waals surface area contributed by atoms with Gasteiger partial charge in [-0.1, -0.05) is 51.9 Å². The minimum Gasteiger partial charge on any atom is -0.481 e. The van der Waals surface area contributed by atoms with Crippen molar-refractivity contribution in [1.82, 2.24) is 0 Å². The Balaban J connectivity index is 3.45. The van der Waals surface area contributed by atoms with Gasteiger partial charge >= 0.3 is 5.97 Å². The van der Waals surface area contributed by atoms with Gasteiger partial charge in [-0.25, -0.2) is 4.89 Å². The number of carboxylic acids is 1. The fourth-order valence-electron chi connectivity index (χ4n) is 1.68. The number of hydrogen-bond acceptors (Lipinski definition) is 5. The predicted octanol–water partition coefficient (Wildman–Crippen LogP) is 2.88. The summed E-state index contributed by atoms with van der Waals surface area (Å²) >= 11 is 0. The maximum absolute atomic E-state index is 11.4. The van der Waals surface area contributed by atoms with Crippen LogP contribution in [-0.2, 0) is 24.1 Å². The number of rotatable bonds is 14. The summed E-state index contributed by atoms with van der Waals surface area (Å²) in [7, 11) is -3.70. The highest BCUT2D eigenvalue weighted by molar-refractivity contribution is 7.86. The number of hydrogen-bond donors (Lipinski definition) is 1. The summed E-state index contributed by atoms with van der Waals surface area (Å²) in [5.74, 6) is -1.15. The first-order valence-corrected chi connectivity index (χ1v) is 8.81. The predicted molar refractivity (Wildman–Crippen MR) is 75.7 cm³/mol. The topological polar surface area (TPSA) is 89.9 Å². The molecule has 0 bridgehead atoms. The van der Waals surface area contributed by atoms with E-state index in [0.717, 1.165) is 19.3 Å². The smallest absolute Gasteiger partial charge is 0.305 e. The third kappa shape index (κ3) is 13.8. The summed E-state index contributed by atoms with van der Waals surface area (Å²) in [5.41, 5.74) is 0. The third-order valence-electron chi connectivity index (χ3n) is 2.80. The zero-order chi connectivity index (χ0) is 15.3. The molecule has 6 nitrogen and oxygen atoms in total. The van der Waals surface area contributed by atoms with Gasteiger partial charge in [-0.15, -0.1) is 4.33 Å². The van der Waals surface area contributed by atoms with Crippen molar-refractivity contribution in [3.05, 3.63) is 0 Å². The Hall–Kier alpha value is -0.660. The van der Waals surface area contributed by atoms with Gasteiger partial charge < -0.3 is 5.11 Å². The SMILES string of the molecule is CCCCCCCCCCS(=O)(=O)OOCCC(=O)O. The Kier molecular flexibility index (Phi) is 11.7.